The topological polar surface area (TPSA) is 166 Å². The van der Waals surface area contributed by atoms with Gasteiger partial charge in [-0.1, -0.05) is 63.2 Å². The van der Waals surface area contributed by atoms with Gasteiger partial charge >= 0.3 is 6.18 Å². The van der Waals surface area contributed by atoms with Gasteiger partial charge in [-0.25, -0.2) is 4.98 Å². The first kappa shape index (κ1) is 53.9. The summed E-state index contributed by atoms with van der Waals surface area (Å²) in [6.07, 6.45) is -2.41. The number of nitrogens with zero attached hydrogens (tertiary/aromatic N) is 5. The Morgan fingerprint density at radius 1 is 0.932 bits per heavy atom. The van der Waals surface area contributed by atoms with E-state index in [0.717, 1.165) is 49.9 Å². The highest BCUT2D eigenvalue weighted by molar-refractivity contribution is 7.81. The highest BCUT2D eigenvalue weighted by Crippen LogP contribution is 2.41. The van der Waals surface area contributed by atoms with E-state index in [1.165, 1.54) is 13.2 Å². The van der Waals surface area contributed by atoms with Crippen molar-refractivity contribution in [3.05, 3.63) is 113 Å². The number of nitrogens with one attached hydrogen (secondary N) is 2. The number of benzene rings is 4. The minimum Gasteiger partial charge on any atom is -0.493 e. The number of carbonyl (C=O) groups is 4. The maximum atomic E-state index is 14.0. The number of alkyl halides is 3. The van der Waals surface area contributed by atoms with Crippen LogP contribution in [-0.2, 0) is 36.6 Å². The number of amides is 4. The minimum absolute atomic E-state index is 0.00737. The van der Waals surface area contributed by atoms with E-state index in [9.17, 15) is 37.6 Å². The van der Waals surface area contributed by atoms with Crippen LogP contribution in [0.4, 0.5) is 24.5 Å². The molecular weight excluding hydrogens is 980 g/mol. The number of likely N-dealkylation sites (tertiary alicyclic amines) is 1. The van der Waals surface area contributed by atoms with Crippen LogP contribution >= 0.6 is 23.6 Å². The normalized spacial score (nSPS) is 16.1. The van der Waals surface area contributed by atoms with Crippen molar-refractivity contribution in [1.29, 1.82) is 5.26 Å². The van der Waals surface area contributed by atoms with E-state index in [1.807, 2.05) is 81.7 Å². The number of carbonyl (C=O) groups excluding carboxylic acids is 4. The SMILES string of the molecule is COc1cc(-c2ccc(N3C(=S)N(c4ccc(C#N)c(C(F)(F)F)c4)C(=O)C3(C)C)cc2)ccc1OCCCCOCC(=O)NC(C(=O)N1CCC[C@H]1C(=O)NCc1ccc(-c2scnc2C)cc1)C(C)(C)C. The molecule has 5 aromatic rings. The fraction of sp³-hybridized carbons (Fsp3) is 0.389. The molecule has 0 bridgehead atoms. The Morgan fingerprint density at radius 3 is 2.25 bits per heavy atom. The molecule has 2 aliphatic rings. The predicted molar refractivity (Wildman–Crippen MR) is 277 cm³/mol. The van der Waals surface area contributed by atoms with Crippen molar-refractivity contribution in [2.75, 3.05) is 43.3 Å². The molecule has 0 radical (unpaired) electrons. The molecule has 2 aliphatic heterocycles. The summed E-state index contributed by atoms with van der Waals surface area (Å²) >= 11 is 7.27. The van der Waals surface area contributed by atoms with Gasteiger partial charge in [0.1, 0.15) is 24.2 Å². The number of thiocarbonyl (C=S) groups is 1. The third kappa shape index (κ3) is 12.2. The van der Waals surface area contributed by atoms with Crippen LogP contribution in [-0.4, -0.2) is 89.7 Å². The molecule has 4 amide bonds. The van der Waals surface area contributed by atoms with Crippen molar-refractivity contribution >= 4 is 63.7 Å². The van der Waals surface area contributed by atoms with E-state index >= 15 is 0 Å². The Hall–Kier alpha value is -6.88. The van der Waals surface area contributed by atoms with Gasteiger partial charge in [0.2, 0.25) is 17.7 Å². The van der Waals surface area contributed by atoms with E-state index in [1.54, 1.807) is 59.3 Å². The molecular formula is C54H58F3N7O7S2. The van der Waals surface area contributed by atoms with Crippen molar-refractivity contribution in [3.63, 3.8) is 0 Å². The Morgan fingerprint density at radius 2 is 1.60 bits per heavy atom. The van der Waals surface area contributed by atoms with E-state index in [0.29, 0.717) is 62.6 Å². The second-order valence-corrected chi connectivity index (χ2v) is 20.6. The van der Waals surface area contributed by atoms with Gasteiger partial charge < -0.3 is 34.6 Å². The van der Waals surface area contributed by atoms with Crippen LogP contribution in [0.2, 0.25) is 0 Å². The lowest BCUT2D eigenvalue weighted by atomic mass is 9.85. The number of aryl methyl sites for hydroxylation is 1. The first-order valence-corrected chi connectivity index (χ1v) is 25.1. The zero-order chi connectivity index (χ0) is 52.8. The Labute approximate surface area is 432 Å². The molecule has 384 valence electrons. The third-order valence-corrected chi connectivity index (χ3v) is 14.2. The van der Waals surface area contributed by atoms with Crippen molar-refractivity contribution in [2.24, 2.45) is 5.41 Å². The molecule has 0 aliphatic carbocycles. The molecule has 2 N–H and O–H groups in total. The third-order valence-electron chi connectivity index (χ3n) is 12.8. The summed E-state index contributed by atoms with van der Waals surface area (Å²) in [5.41, 5.74) is 3.26. The fourth-order valence-corrected chi connectivity index (χ4v) is 10.2. The molecule has 14 nitrogen and oxygen atoms in total. The van der Waals surface area contributed by atoms with Crippen LogP contribution in [0.1, 0.15) is 82.7 Å². The Balaban J connectivity index is 0.860. The van der Waals surface area contributed by atoms with Gasteiger partial charge in [0.15, 0.2) is 16.6 Å². The largest absolute Gasteiger partial charge is 0.493 e. The summed E-state index contributed by atoms with van der Waals surface area (Å²) in [5.74, 6) is -0.485. The van der Waals surface area contributed by atoms with E-state index in [-0.39, 0.29) is 35.8 Å². The summed E-state index contributed by atoms with van der Waals surface area (Å²) in [6, 6.07) is 23.8. The quantitative estimate of drug-likeness (QED) is 0.0634. The van der Waals surface area contributed by atoms with Crippen molar-refractivity contribution in [2.45, 2.75) is 97.6 Å². The summed E-state index contributed by atoms with van der Waals surface area (Å²) < 4.78 is 58.8. The molecule has 0 saturated carbocycles. The monoisotopic (exact) mass is 1040 g/mol. The molecule has 3 heterocycles. The van der Waals surface area contributed by atoms with Gasteiger partial charge in [-0.2, -0.15) is 18.4 Å². The van der Waals surface area contributed by atoms with Crippen LogP contribution < -0.4 is 29.9 Å². The highest BCUT2D eigenvalue weighted by atomic mass is 32.1. The van der Waals surface area contributed by atoms with Crippen LogP contribution in [0.25, 0.3) is 21.6 Å². The maximum Gasteiger partial charge on any atom is 0.417 e. The van der Waals surface area contributed by atoms with Crippen LogP contribution in [0.5, 0.6) is 11.5 Å². The zero-order valence-corrected chi connectivity index (χ0v) is 43.4. The summed E-state index contributed by atoms with van der Waals surface area (Å²) in [6.45, 7) is 12.0. The molecule has 4 aromatic carbocycles. The lowest BCUT2D eigenvalue weighted by Gasteiger charge is -2.35. The van der Waals surface area contributed by atoms with Gasteiger partial charge in [-0.15, -0.1) is 11.3 Å². The number of rotatable bonds is 18. The molecule has 73 heavy (non-hydrogen) atoms. The zero-order valence-electron chi connectivity index (χ0n) is 41.7. The first-order chi connectivity index (χ1) is 34.6. The highest BCUT2D eigenvalue weighted by Gasteiger charge is 2.51. The van der Waals surface area contributed by atoms with Crippen LogP contribution in [0, 0.1) is 23.7 Å². The number of anilines is 2. The average Bonchev–Trinajstić information content (AvgIpc) is 4.07. The van der Waals surface area contributed by atoms with E-state index in [4.69, 9.17) is 26.4 Å². The number of hydrogen-bond donors (Lipinski definition) is 2. The fourth-order valence-electron chi connectivity index (χ4n) is 8.86. The number of halogens is 3. The average molecular weight is 1040 g/mol. The summed E-state index contributed by atoms with van der Waals surface area (Å²) in [4.78, 5) is 63.9. The van der Waals surface area contributed by atoms with Crippen molar-refractivity contribution in [1.82, 2.24) is 20.5 Å². The molecule has 2 fully saturated rings. The second kappa shape index (κ2) is 22.5. The molecule has 2 atom stereocenters. The van der Waals surface area contributed by atoms with Gasteiger partial charge in [-0.05, 0) is 129 Å². The maximum absolute atomic E-state index is 14.0. The lowest BCUT2D eigenvalue weighted by molar-refractivity contribution is -0.144. The Kier molecular flexibility index (Phi) is 16.6. The number of unbranched alkanes of at least 4 members (excludes halogenated alkanes) is 1. The molecule has 0 spiro atoms. The summed E-state index contributed by atoms with van der Waals surface area (Å²) in [5, 5.41) is 15.1. The number of methoxy groups -OCH3 is 1. The predicted octanol–water partition coefficient (Wildman–Crippen LogP) is 9.62. The number of nitriles is 1. The van der Waals surface area contributed by atoms with Gasteiger partial charge in [0.05, 0.1) is 52.7 Å². The van der Waals surface area contributed by atoms with E-state index in [2.05, 4.69) is 15.6 Å². The van der Waals surface area contributed by atoms with Crippen molar-refractivity contribution in [3.8, 4) is 39.1 Å². The molecule has 1 aromatic heterocycles. The van der Waals surface area contributed by atoms with E-state index < -0.39 is 52.2 Å². The molecule has 19 heteroatoms. The number of thiazole rings is 1. The van der Waals surface area contributed by atoms with Gasteiger partial charge in [-0.3, -0.25) is 24.1 Å². The standard InChI is InChI=1S/C54H58F3N7O7S2/c1-33-46(73-32-60-33)36-14-12-34(13-15-36)30-59-48(66)42-11-10-24-62(42)49(67)47(52(2,3)4)61-45(65)31-70-25-8-9-26-71-43-23-19-37(27-44(43)69-7)35-16-20-39(21-17-35)64-51(72)63(50(68)53(64,5)6)40-22-18-38(29-58)41(28-40)54(55,56)57/h12-23,27-28,32,42,47H,8-11,24-26,30-31H2,1-7H3,(H,59,66)(H,61,65)/t42-,47?/m0/s1. The minimum atomic E-state index is -4.81. The van der Waals surface area contributed by atoms with Crippen LogP contribution in [0.3, 0.4) is 0 Å². The second-order valence-electron chi connectivity index (χ2n) is 19.4. The Bertz CT molecular complexity index is 2900. The van der Waals surface area contributed by atoms with Gasteiger partial charge in [0, 0.05) is 25.4 Å². The molecule has 1 unspecified atom stereocenters. The molecule has 7 rings (SSSR count). The molecule has 2 saturated heterocycles. The number of ether oxygens (including phenoxy) is 3. The lowest BCUT2D eigenvalue weighted by Crippen LogP contribution is -2.58. The first-order valence-electron chi connectivity index (χ1n) is 23.8. The van der Waals surface area contributed by atoms with Crippen molar-refractivity contribution < 1.29 is 46.6 Å². The smallest absolute Gasteiger partial charge is 0.417 e. The summed E-state index contributed by atoms with van der Waals surface area (Å²) in [7, 11) is 1.53. The van der Waals surface area contributed by atoms with Gasteiger partial charge in [0.25, 0.3) is 5.91 Å². The number of hydrogen-bond acceptors (Lipinski definition) is 11. The van der Waals surface area contributed by atoms with Crippen LogP contribution in [0.15, 0.2) is 90.4 Å². The number of aromatic nitrogens is 1.